The molecule has 2 rings (SSSR count). The lowest BCUT2D eigenvalue weighted by atomic mass is 9.81. The predicted octanol–water partition coefficient (Wildman–Crippen LogP) is 4.45. The highest BCUT2D eigenvalue weighted by atomic mass is 16.5. The zero-order valence-electron chi connectivity index (χ0n) is 13.1. The van der Waals surface area contributed by atoms with Crippen molar-refractivity contribution in [3.8, 4) is 5.75 Å². The first-order chi connectivity index (χ1) is 10.2. The normalized spacial score (nSPS) is 21.8. The van der Waals surface area contributed by atoms with Gasteiger partial charge in [0.05, 0.1) is 6.61 Å². The number of ether oxygens (including phenoxy) is 2. The number of carbonyl (C=O) groups excluding carboxylic acids is 1. The first kappa shape index (κ1) is 15.9. The number of carbonyl (C=O) groups is 1. The largest absolute Gasteiger partial charge is 0.494 e. The maximum atomic E-state index is 11.2. The molecule has 0 unspecified atom stereocenters. The van der Waals surface area contributed by atoms with Crippen LogP contribution in [0.25, 0.3) is 0 Å². The Morgan fingerprint density at radius 1 is 1.19 bits per heavy atom. The van der Waals surface area contributed by atoms with E-state index in [1.54, 1.807) is 0 Å². The number of benzene rings is 1. The van der Waals surface area contributed by atoms with Gasteiger partial charge in [-0.1, -0.05) is 31.9 Å². The summed E-state index contributed by atoms with van der Waals surface area (Å²) in [6.07, 6.45) is 6.67. The number of unbranched alkanes of at least 4 members (excludes halogenated alkanes) is 1. The highest BCUT2D eigenvalue weighted by Crippen LogP contribution is 2.35. The van der Waals surface area contributed by atoms with Crippen molar-refractivity contribution < 1.29 is 14.3 Å². The van der Waals surface area contributed by atoms with E-state index in [4.69, 9.17) is 9.47 Å². The summed E-state index contributed by atoms with van der Waals surface area (Å²) in [7, 11) is 0. The molecule has 0 aliphatic heterocycles. The van der Waals surface area contributed by atoms with E-state index < -0.39 is 0 Å². The molecule has 0 saturated heterocycles. The molecule has 1 aliphatic carbocycles. The Morgan fingerprint density at radius 3 is 2.57 bits per heavy atom. The average molecular weight is 290 g/mol. The summed E-state index contributed by atoms with van der Waals surface area (Å²) in [5, 5.41) is 0. The third-order valence-electron chi connectivity index (χ3n) is 4.09. The van der Waals surface area contributed by atoms with Crippen LogP contribution in [0.1, 0.15) is 63.9 Å². The fourth-order valence-electron chi connectivity index (χ4n) is 2.98. The second-order valence-corrected chi connectivity index (χ2v) is 5.81. The van der Waals surface area contributed by atoms with Gasteiger partial charge in [-0.25, -0.2) is 0 Å². The van der Waals surface area contributed by atoms with Crippen molar-refractivity contribution in [3.05, 3.63) is 29.8 Å². The second kappa shape index (κ2) is 8.06. The zero-order valence-corrected chi connectivity index (χ0v) is 13.1. The first-order valence-corrected chi connectivity index (χ1v) is 8.10. The van der Waals surface area contributed by atoms with Crippen LogP contribution in [-0.4, -0.2) is 18.7 Å². The summed E-state index contributed by atoms with van der Waals surface area (Å²) >= 11 is 0. The summed E-state index contributed by atoms with van der Waals surface area (Å²) in [5.41, 5.74) is 1.25. The number of hydrogen-bond donors (Lipinski definition) is 0. The fraction of sp³-hybridized carbons (Fsp3) is 0.611. The molecule has 1 aromatic carbocycles. The number of hydrogen-bond acceptors (Lipinski definition) is 3. The lowest BCUT2D eigenvalue weighted by Gasteiger charge is -2.31. The SMILES string of the molecule is CCCCOc1ccc([C@H]2CCCC[C@@H]2OC(C)=O)cc1. The summed E-state index contributed by atoms with van der Waals surface area (Å²) in [6.45, 7) is 4.43. The van der Waals surface area contributed by atoms with Crippen LogP contribution in [0, 0.1) is 0 Å². The standard InChI is InChI=1S/C18H26O3/c1-3-4-13-20-16-11-9-15(10-12-16)17-7-5-6-8-18(17)21-14(2)19/h9-12,17-18H,3-8,13H2,1-2H3/t17-,18+/m1/s1. The number of rotatable bonds is 6. The van der Waals surface area contributed by atoms with Crippen molar-refractivity contribution in [2.45, 2.75) is 64.4 Å². The van der Waals surface area contributed by atoms with Crippen molar-refractivity contribution in [2.75, 3.05) is 6.61 Å². The van der Waals surface area contributed by atoms with Gasteiger partial charge in [0.15, 0.2) is 0 Å². The molecule has 21 heavy (non-hydrogen) atoms. The fourth-order valence-corrected chi connectivity index (χ4v) is 2.98. The molecule has 2 atom stereocenters. The Hall–Kier alpha value is -1.51. The van der Waals surface area contributed by atoms with Gasteiger partial charge in [-0.2, -0.15) is 0 Å². The Morgan fingerprint density at radius 2 is 1.90 bits per heavy atom. The van der Waals surface area contributed by atoms with E-state index >= 15 is 0 Å². The smallest absolute Gasteiger partial charge is 0.302 e. The van der Waals surface area contributed by atoms with Gasteiger partial charge in [-0.3, -0.25) is 4.79 Å². The average Bonchev–Trinajstić information content (AvgIpc) is 2.48. The van der Waals surface area contributed by atoms with Crippen LogP contribution in [-0.2, 0) is 9.53 Å². The van der Waals surface area contributed by atoms with Crippen molar-refractivity contribution in [1.29, 1.82) is 0 Å². The summed E-state index contributed by atoms with van der Waals surface area (Å²) in [5.74, 6) is 1.07. The van der Waals surface area contributed by atoms with Crippen LogP contribution in [0.4, 0.5) is 0 Å². The van der Waals surface area contributed by atoms with Gasteiger partial charge in [-0.15, -0.1) is 0 Å². The summed E-state index contributed by atoms with van der Waals surface area (Å²) < 4.78 is 11.2. The van der Waals surface area contributed by atoms with Crippen LogP contribution in [0.3, 0.4) is 0 Å². The van der Waals surface area contributed by atoms with Gasteiger partial charge >= 0.3 is 5.97 Å². The molecule has 0 amide bonds. The molecule has 1 saturated carbocycles. The molecule has 1 aromatic rings. The third-order valence-corrected chi connectivity index (χ3v) is 4.09. The highest BCUT2D eigenvalue weighted by molar-refractivity contribution is 5.66. The predicted molar refractivity (Wildman–Crippen MR) is 83.6 cm³/mol. The molecule has 0 radical (unpaired) electrons. The van der Waals surface area contributed by atoms with Gasteiger partial charge < -0.3 is 9.47 Å². The van der Waals surface area contributed by atoms with Crippen molar-refractivity contribution >= 4 is 5.97 Å². The molecular weight excluding hydrogens is 264 g/mol. The molecule has 0 aromatic heterocycles. The van der Waals surface area contributed by atoms with E-state index in [0.717, 1.165) is 44.5 Å². The van der Waals surface area contributed by atoms with Gasteiger partial charge in [0.2, 0.25) is 0 Å². The Labute approximate surface area is 127 Å². The van der Waals surface area contributed by atoms with E-state index in [2.05, 4.69) is 19.1 Å². The zero-order chi connectivity index (χ0) is 15.1. The van der Waals surface area contributed by atoms with Crippen LogP contribution < -0.4 is 4.74 Å². The number of esters is 1. The lowest BCUT2D eigenvalue weighted by Crippen LogP contribution is -2.27. The lowest BCUT2D eigenvalue weighted by molar-refractivity contribution is -0.148. The molecule has 1 fully saturated rings. The van der Waals surface area contributed by atoms with E-state index in [1.807, 2.05) is 12.1 Å². The molecule has 0 bridgehead atoms. The molecular formula is C18H26O3. The minimum Gasteiger partial charge on any atom is -0.494 e. The quantitative estimate of drug-likeness (QED) is 0.573. The molecule has 116 valence electrons. The summed E-state index contributed by atoms with van der Waals surface area (Å²) in [4.78, 5) is 11.2. The third kappa shape index (κ3) is 4.76. The Balaban J connectivity index is 1.99. The monoisotopic (exact) mass is 290 g/mol. The second-order valence-electron chi connectivity index (χ2n) is 5.81. The van der Waals surface area contributed by atoms with Gasteiger partial charge in [0, 0.05) is 12.8 Å². The Bertz CT molecular complexity index is 438. The minimum absolute atomic E-state index is 0.0307. The summed E-state index contributed by atoms with van der Waals surface area (Å²) in [6, 6.07) is 8.30. The van der Waals surface area contributed by atoms with Gasteiger partial charge in [0.1, 0.15) is 11.9 Å². The molecule has 3 nitrogen and oxygen atoms in total. The minimum atomic E-state index is -0.175. The topological polar surface area (TPSA) is 35.5 Å². The van der Waals surface area contributed by atoms with Gasteiger partial charge in [-0.05, 0) is 43.4 Å². The van der Waals surface area contributed by atoms with Crippen LogP contribution >= 0.6 is 0 Å². The Kier molecular flexibility index (Phi) is 6.09. The molecule has 0 N–H and O–H groups in total. The molecule has 0 spiro atoms. The van der Waals surface area contributed by atoms with Crippen LogP contribution in [0.15, 0.2) is 24.3 Å². The molecule has 1 aliphatic rings. The van der Waals surface area contributed by atoms with E-state index in [9.17, 15) is 4.79 Å². The van der Waals surface area contributed by atoms with Crippen LogP contribution in [0.5, 0.6) is 5.75 Å². The first-order valence-electron chi connectivity index (χ1n) is 8.10. The molecule has 0 heterocycles. The van der Waals surface area contributed by atoms with E-state index in [-0.39, 0.29) is 12.1 Å². The van der Waals surface area contributed by atoms with Crippen molar-refractivity contribution in [2.24, 2.45) is 0 Å². The maximum Gasteiger partial charge on any atom is 0.302 e. The van der Waals surface area contributed by atoms with Crippen molar-refractivity contribution in [3.63, 3.8) is 0 Å². The maximum absolute atomic E-state index is 11.2. The van der Waals surface area contributed by atoms with E-state index in [1.165, 1.54) is 18.9 Å². The highest BCUT2D eigenvalue weighted by Gasteiger charge is 2.28. The van der Waals surface area contributed by atoms with E-state index in [0.29, 0.717) is 5.92 Å². The van der Waals surface area contributed by atoms with Gasteiger partial charge in [0.25, 0.3) is 0 Å². The van der Waals surface area contributed by atoms with Crippen molar-refractivity contribution in [1.82, 2.24) is 0 Å². The van der Waals surface area contributed by atoms with Crippen LogP contribution in [0.2, 0.25) is 0 Å². The molecule has 3 heteroatoms.